The number of carbonyl (C=O) groups excluding carboxylic acids is 2. The molecule has 2 N–H and O–H groups in total. The molecule has 0 aromatic heterocycles. The zero-order valence-electron chi connectivity index (χ0n) is 13.1. The number of halogens is 7. The summed E-state index contributed by atoms with van der Waals surface area (Å²) >= 11 is 3.09. The largest absolute Gasteiger partial charge is 0.480 e. The number of carbonyl (C=O) groups is 2. The molecule has 0 spiro atoms. The number of methoxy groups -OCH3 is 1. The number of hydrogen-bond acceptors (Lipinski definition) is 5. The zero-order valence-corrected chi connectivity index (χ0v) is 14.7. The van der Waals surface area contributed by atoms with Crippen LogP contribution in [0.3, 0.4) is 0 Å². The van der Waals surface area contributed by atoms with E-state index in [0.29, 0.717) is 4.47 Å². The van der Waals surface area contributed by atoms with Crippen molar-refractivity contribution < 1.29 is 50.5 Å². The molecule has 0 saturated carbocycles. The molecule has 0 aliphatic heterocycles. The molecule has 1 aromatic rings. The van der Waals surface area contributed by atoms with E-state index in [1.165, 1.54) is 24.3 Å². The topological polar surface area (TPSA) is 84.9 Å². The minimum atomic E-state index is -6.00. The van der Waals surface area contributed by atoms with Gasteiger partial charge in [-0.2, -0.15) is 26.3 Å². The number of benzene rings is 1. The lowest BCUT2D eigenvalue weighted by Crippen LogP contribution is -2.46. The van der Waals surface area contributed by atoms with Gasteiger partial charge in [0.2, 0.25) is 5.57 Å². The molecular weight excluding hydrogens is 456 g/mol. The first kappa shape index (κ1) is 22.6. The van der Waals surface area contributed by atoms with Crippen molar-refractivity contribution in [3.8, 4) is 0 Å². The summed E-state index contributed by atoms with van der Waals surface area (Å²) < 4.78 is 83.1. The number of aliphatic hydroxyl groups excluding tert-OH is 1. The van der Waals surface area contributed by atoms with Gasteiger partial charge in [-0.15, -0.1) is 0 Å². The zero-order chi connectivity index (χ0) is 21.0. The van der Waals surface area contributed by atoms with E-state index in [-0.39, 0.29) is 5.69 Å². The smallest absolute Gasteiger partial charge is 0.434 e. The van der Waals surface area contributed by atoms with Gasteiger partial charge < -0.3 is 19.9 Å². The minimum Gasteiger partial charge on any atom is -0.480 e. The standard InChI is InChI=1S/C14H10BrF6NO5/c1-26-10(24)8(9(23)22-7-4-2-6(15)3-5-7)11(25)27-12(13(16,17)18)14(19,20)21/h2-5,12,24H,1H3,(H,22,23)/b10-8-. The van der Waals surface area contributed by atoms with Crippen molar-refractivity contribution in [2.45, 2.75) is 18.5 Å². The van der Waals surface area contributed by atoms with Gasteiger partial charge in [0.1, 0.15) is 0 Å². The Hall–Kier alpha value is -2.44. The summed E-state index contributed by atoms with van der Waals surface area (Å²) in [7, 11) is 0.723. The van der Waals surface area contributed by atoms with Gasteiger partial charge in [0.05, 0.1) is 7.11 Å². The Morgan fingerprint density at radius 2 is 1.56 bits per heavy atom. The summed E-state index contributed by atoms with van der Waals surface area (Å²) in [5.74, 6) is -5.47. The second-order valence-electron chi connectivity index (χ2n) is 4.71. The summed E-state index contributed by atoms with van der Waals surface area (Å²) in [5.41, 5.74) is -1.57. The van der Waals surface area contributed by atoms with Gasteiger partial charge in [-0.05, 0) is 24.3 Å². The Kier molecular flexibility index (Phi) is 7.11. The Morgan fingerprint density at radius 1 is 1.07 bits per heavy atom. The molecule has 0 saturated heterocycles. The molecule has 0 atom stereocenters. The summed E-state index contributed by atoms with van der Waals surface area (Å²) in [5, 5.41) is 11.4. The summed E-state index contributed by atoms with van der Waals surface area (Å²) in [6, 6.07) is 5.47. The van der Waals surface area contributed by atoms with Crippen LogP contribution in [0.1, 0.15) is 0 Å². The normalized spacial score (nSPS) is 13.1. The molecule has 27 heavy (non-hydrogen) atoms. The highest BCUT2D eigenvalue weighted by molar-refractivity contribution is 9.10. The van der Waals surface area contributed by atoms with Gasteiger partial charge in [0, 0.05) is 10.2 Å². The first-order valence-corrected chi connectivity index (χ1v) is 7.45. The molecule has 0 radical (unpaired) electrons. The lowest BCUT2D eigenvalue weighted by Gasteiger charge is -2.23. The van der Waals surface area contributed by atoms with Crippen LogP contribution in [0.5, 0.6) is 0 Å². The summed E-state index contributed by atoms with van der Waals surface area (Å²) in [6.45, 7) is 0. The second-order valence-corrected chi connectivity index (χ2v) is 5.63. The highest BCUT2D eigenvalue weighted by Gasteiger charge is 2.60. The molecule has 150 valence electrons. The van der Waals surface area contributed by atoms with Crippen molar-refractivity contribution in [3.63, 3.8) is 0 Å². The molecule has 0 aliphatic carbocycles. The van der Waals surface area contributed by atoms with E-state index in [0.717, 1.165) is 7.11 Å². The van der Waals surface area contributed by atoms with Gasteiger partial charge in [0.25, 0.3) is 18.0 Å². The van der Waals surface area contributed by atoms with Crippen molar-refractivity contribution in [1.29, 1.82) is 0 Å². The number of aliphatic hydroxyl groups is 1. The van der Waals surface area contributed by atoms with Crippen LogP contribution >= 0.6 is 15.9 Å². The van der Waals surface area contributed by atoms with Crippen molar-refractivity contribution in [2.24, 2.45) is 0 Å². The van der Waals surface area contributed by atoms with Crippen LogP contribution in [0.4, 0.5) is 32.0 Å². The molecule has 0 heterocycles. The molecule has 13 heteroatoms. The number of anilines is 1. The molecule has 1 rings (SSSR count). The van der Waals surface area contributed by atoms with Crippen LogP contribution in [-0.4, -0.2) is 42.5 Å². The molecular formula is C14H10BrF6NO5. The third-order valence-corrected chi connectivity index (χ3v) is 3.29. The van der Waals surface area contributed by atoms with E-state index in [1.54, 1.807) is 0 Å². The quantitative estimate of drug-likeness (QED) is 0.172. The number of rotatable bonds is 5. The van der Waals surface area contributed by atoms with E-state index in [9.17, 15) is 41.0 Å². The SMILES string of the molecule is CO/C(O)=C(/C(=O)Nc1ccc(Br)cc1)C(=O)OC(C(F)(F)F)C(F)(F)F. The number of hydrogen-bond donors (Lipinski definition) is 2. The monoisotopic (exact) mass is 465 g/mol. The Bertz CT molecular complexity index is 715. The van der Waals surface area contributed by atoms with E-state index in [1.807, 2.05) is 5.32 Å². The van der Waals surface area contributed by atoms with E-state index < -0.39 is 41.9 Å². The molecule has 0 bridgehead atoms. The fourth-order valence-corrected chi connectivity index (χ4v) is 1.86. The first-order chi connectivity index (χ1) is 12.3. The van der Waals surface area contributed by atoms with E-state index >= 15 is 0 Å². The van der Waals surface area contributed by atoms with Crippen LogP contribution in [0.25, 0.3) is 0 Å². The molecule has 6 nitrogen and oxygen atoms in total. The second kappa shape index (κ2) is 8.50. The maximum Gasteiger partial charge on any atom is 0.434 e. The third-order valence-electron chi connectivity index (χ3n) is 2.76. The Morgan fingerprint density at radius 3 is 1.96 bits per heavy atom. The van der Waals surface area contributed by atoms with Gasteiger partial charge in [-0.3, -0.25) is 4.79 Å². The van der Waals surface area contributed by atoms with Crippen LogP contribution in [0.15, 0.2) is 40.3 Å². The van der Waals surface area contributed by atoms with E-state index in [2.05, 4.69) is 25.4 Å². The number of nitrogens with one attached hydrogen (secondary N) is 1. The average Bonchev–Trinajstić information content (AvgIpc) is 2.52. The predicted octanol–water partition coefficient (Wildman–Crippen LogP) is 3.84. The highest BCUT2D eigenvalue weighted by Crippen LogP contribution is 2.36. The predicted molar refractivity (Wildman–Crippen MR) is 81.4 cm³/mol. The van der Waals surface area contributed by atoms with Crippen LogP contribution in [0, 0.1) is 0 Å². The first-order valence-electron chi connectivity index (χ1n) is 6.66. The fraction of sp³-hybridized carbons (Fsp3) is 0.286. The molecule has 0 aliphatic rings. The molecule has 1 aromatic carbocycles. The van der Waals surface area contributed by atoms with Crippen LogP contribution < -0.4 is 5.32 Å². The van der Waals surface area contributed by atoms with Gasteiger partial charge >= 0.3 is 18.3 Å². The fourth-order valence-electron chi connectivity index (χ4n) is 1.59. The van der Waals surface area contributed by atoms with E-state index in [4.69, 9.17) is 0 Å². The highest BCUT2D eigenvalue weighted by atomic mass is 79.9. The maximum atomic E-state index is 12.5. The Labute approximate surface area is 155 Å². The lowest BCUT2D eigenvalue weighted by molar-refractivity contribution is -0.312. The third kappa shape index (κ3) is 6.34. The average molecular weight is 466 g/mol. The summed E-state index contributed by atoms with van der Waals surface area (Å²) in [6.07, 6.45) is -16.5. The Balaban J connectivity index is 3.14. The number of esters is 1. The maximum absolute atomic E-state index is 12.5. The van der Waals surface area contributed by atoms with Crippen LogP contribution in [0.2, 0.25) is 0 Å². The van der Waals surface area contributed by atoms with Crippen molar-refractivity contribution in [2.75, 3.05) is 12.4 Å². The van der Waals surface area contributed by atoms with Gasteiger partial charge in [0.15, 0.2) is 0 Å². The number of amides is 1. The molecule has 0 unspecified atom stereocenters. The van der Waals surface area contributed by atoms with Crippen LogP contribution in [-0.2, 0) is 19.1 Å². The molecule has 0 fully saturated rings. The number of alkyl halides is 6. The van der Waals surface area contributed by atoms with Crippen molar-refractivity contribution in [1.82, 2.24) is 0 Å². The lowest BCUT2D eigenvalue weighted by atomic mass is 10.2. The van der Waals surface area contributed by atoms with Gasteiger partial charge in [-0.25, -0.2) is 4.79 Å². The van der Waals surface area contributed by atoms with Crippen molar-refractivity contribution in [3.05, 3.63) is 40.3 Å². The van der Waals surface area contributed by atoms with Gasteiger partial charge in [-0.1, -0.05) is 15.9 Å². The van der Waals surface area contributed by atoms with Crippen molar-refractivity contribution >= 4 is 33.5 Å². The minimum absolute atomic E-state index is 0.0144. The number of ether oxygens (including phenoxy) is 2. The molecule has 1 amide bonds. The summed E-state index contributed by atoms with van der Waals surface area (Å²) in [4.78, 5) is 23.8.